The van der Waals surface area contributed by atoms with Gasteiger partial charge in [0.05, 0.1) is 5.92 Å². The van der Waals surface area contributed by atoms with Gasteiger partial charge in [-0.25, -0.2) is 4.79 Å². The highest BCUT2D eigenvalue weighted by molar-refractivity contribution is 6.06. The van der Waals surface area contributed by atoms with Gasteiger partial charge in [0.15, 0.2) is 5.75 Å². The van der Waals surface area contributed by atoms with Gasteiger partial charge < -0.3 is 9.84 Å². The Hall–Kier alpha value is -3.14. The smallest absolute Gasteiger partial charge is 0.339 e. The van der Waals surface area contributed by atoms with Crippen molar-refractivity contribution in [3.05, 3.63) is 65.7 Å². The summed E-state index contributed by atoms with van der Waals surface area (Å²) in [4.78, 5) is 24.4. The zero-order valence-electron chi connectivity index (χ0n) is 15.1. The first-order valence-electron chi connectivity index (χ1n) is 9.09. The number of hydrogen-bond donors (Lipinski definition) is 1. The number of ether oxygens (including phenoxy) is 1. The normalized spacial score (nSPS) is 16.9. The summed E-state index contributed by atoms with van der Waals surface area (Å²) < 4.78 is 5.69. The van der Waals surface area contributed by atoms with Gasteiger partial charge in [0.1, 0.15) is 5.56 Å². The molecule has 0 saturated carbocycles. The summed E-state index contributed by atoms with van der Waals surface area (Å²) in [5.74, 6) is -1.55. The molecule has 1 atom stereocenters. The van der Waals surface area contributed by atoms with E-state index in [1.54, 1.807) is 6.07 Å². The first-order chi connectivity index (χ1) is 13.0. The number of carboxylic acid groups (broad SMARTS) is 1. The summed E-state index contributed by atoms with van der Waals surface area (Å²) in [6, 6.07) is 15.0. The predicted octanol–water partition coefficient (Wildman–Crippen LogP) is 5.34. The van der Waals surface area contributed by atoms with Crippen LogP contribution in [0.4, 0.5) is 0 Å². The highest BCUT2D eigenvalue weighted by Gasteiger charge is 2.25. The lowest BCUT2D eigenvalue weighted by atomic mass is 9.90. The number of esters is 1. The molecule has 0 amide bonds. The lowest BCUT2D eigenvalue weighted by Gasteiger charge is -2.20. The quantitative estimate of drug-likeness (QED) is 0.296. The van der Waals surface area contributed by atoms with Gasteiger partial charge in [-0.15, -0.1) is 0 Å². The molecule has 0 bridgehead atoms. The minimum Gasteiger partial charge on any atom is -0.478 e. The van der Waals surface area contributed by atoms with E-state index in [1.807, 2.05) is 36.4 Å². The number of fused-ring (bicyclic) bond motifs is 2. The Kier molecular flexibility index (Phi) is 4.40. The topological polar surface area (TPSA) is 63.6 Å². The minimum absolute atomic E-state index is 0.00802. The monoisotopic (exact) mass is 360 g/mol. The van der Waals surface area contributed by atoms with Crippen LogP contribution in [0, 0.1) is 5.92 Å². The van der Waals surface area contributed by atoms with Crippen molar-refractivity contribution in [2.45, 2.75) is 26.2 Å². The number of hydrogen-bond acceptors (Lipinski definition) is 3. The van der Waals surface area contributed by atoms with E-state index >= 15 is 0 Å². The van der Waals surface area contributed by atoms with E-state index in [0.29, 0.717) is 11.8 Å². The summed E-state index contributed by atoms with van der Waals surface area (Å²) in [7, 11) is 0. The lowest BCUT2D eigenvalue weighted by molar-refractivity contribution is -0.139. The van der Waals surface area contributed by atoms with Crippen LogP contribution in [0.5, 0.6) is 5.75 Å². The molecule has 0 saturated heterocycles. The molecule has 4 heteroatoms. The molecule has 1 aliphatic rings. The Bertz CT molecular complexity index is 1090. The van der Waals surface area contributed by atoms with Crippen molar-refractivity contribution in [2.24, 2.45) is 5.92 Å². The third-order valence-corrected chi connectivity index (χ3v) is 5.24. The van der Waals surface area contributed by atoms with Gasteiger partial charge in [-0.05, 0) is 60.5 Å². The molecule has 27 heavy (non-hydrogen) atoms. The fraction of sp³-hybridized carbons (Fsp3) is 0.217. The third kappa shape index (κ3) is 3.31. The van der Waals surface area contributed by atoms with Crippen LogP contribution in [0.2, 0.25) is 0 Å². The van der Waals surface area contributed by atoms with Crippen LogP contribution in [-0.2, 0) is 4.79 Å². The number of carboxylic acids is 1. The van der Waals surface area contributed by atoms with Gasteiger partial charge in [0, 0.05) is 5.39 Å². The molecule has 0 aliphatic heterocycles. The molecule has 0 spiro atoms. The lowest BCUT2D eigenvalue weighted by Crippen LogP contribution is -2.23. The van der Waals surface area contributed by atoms with Crippen molar-refractivity contribution in [1.82, 2.24) is 0 Å². The van der Waals surface area contributed by atoms with Crippen molar-refractivity contribution >= 4 is 33.5 Å². The molecule has 136 valence electrons. The molecule has 4 rings (SSSR count). The molecule has 1 unspecified atom stereocenters. The van der Waals surface area contributed by atoms with E-state index in [0.717, 1.165) is 29.0 Å². The minimum atomic E-state index is -1.10. The maximum Gasteiger partial charge on any atom is 0.339 e. The van der Waals surface area contributed by atoms with Gasteiger partial charge in [-0.2, -0.15) is 0 Å². The van der Waals surface area contributed by atoms with Crippen molar-refractivity contribution in [2.75, 3.05) is 0 Å². The molecule has 3 aromatic rings. The van der Waals surface area contributed by atoms with Crippen LogP contribution >= 0.6 is 0 Å². The maximum atomic E-state index is 12.7. The second-order valence-electron chi connectivity index (χ2n) is 7.11. The number of benzene rings is 3. The van der Waals surface area contributed by atoms with Crippen LogP contribution < -0.4 is 4.74 Å². The highest BCUT2D eigenvalue weighted by atomic mass is 16.5. The molecule has 1 N–H and O–H groups in total. The van der Waals surface area contributed by atoms with Crippen LogP contribution in [0.25, 0.3) is 21.5 Å². The summed E-state index contributed by atoms with van der Waals surface area (Å²) >= 11 is 0. The zero-order valence-corrected chi connectivity index (χ0v) is 15.1. The fourth-order valence-electron chi connectivity index (χ4n) is 3.63. The average molecular weight is 360 g/mol. The van der Waals surface area contributed by atoms with Gasteiger partial charge in [-0.1, -0.05) is 42.0 Å². The molecular weight excluding hydrogens is 340 g/mol. The maximum absolute atomic E-state index is 12.7. The van der Waals surface area contributed by atoms with Crippen LogP contribution in [0.3, 0.4) is 0 Å². The Balaban J connectivity index is 1.81. The molecular formula is C23H20O4. The predicted molar refractivity (Wildman–Crippen MR) is 105 cm³/mol. The van der Waals surface area contributed by atoms with E-state index in [-0.39, 0.29) is 23.2 Å². The number of carbonyl (C=O) groups excluding carboxylic acids is 1. The Morgan fingerprint density at radius 1 is 1.04 bits per heavy atom. The molecule has 0 aromatic heterocycles. The Morgan fingerprint density at radius 3 is 2.44 bits per heavy atom. The van der Waals surface area contributed by atoms with E-state index < -0.39 is 5.97 Å². The Morgan fingerprint density at radius 2 is 1.78 bits per heavy atom. The number of rotatable bonds is 3. The van der Waals surface area contributed by atoms with Crippen molar-refractivity contribution in [3.8, 4) is 5.75 Å². The summed E-state index contributed by atoms with van der Waals surface area (Å²) in [5, 5.41) is 13.1. The van der Waals surface area contributed by atoms with Crippen LogP contribution in [0.15, 0.2) is 60.2 Å². The zero-order chi connectivity index (χ0) is 19.0. The first-order valence-corrected chi connectivity index (χ1v) is 9.09. The van der Waals surface area contributed by atoms with E-state index in [4.69, 9.17) is 4.74 Å². The molecule has 4 nitrogen and oxygen atoms in total. The molecule has 0 heterocycles. The summed E-state index contributed by atoms with van der Waals surface area (Å²) in [6.45, 7) is 2.06. The van der Waals surface area contributed by atoms with E-state index in [9.17, 15) is 14.7 Å². The second kappa shape index (κ2) is 6.88. The Labute approximate surface area is 157 Å². The van der Waals surface area contributed by atoms with E-state index in [1.165, 1.54) is 11.6 Å². The van der Waals surface area contributed by atoms with Gasteiger partial charge >= 0.3 is 11.9 Å². The summed E-state index contributed by atoms with van der Waals surface area (Å²) in [6.07, 6.45) is 4.30. The highest BCUT2D eigenvalue weighted by Crippen LogP contribution is 2.35. The molecule has 1 aliphatic carbocycles. The first kappa shape index (κ1) is 17.3. The van der Waals surface area contributed by atoms with Crippen molar-refractivity contribution in [3.63, 3.8) is 0 Å². The molecule has 3 aromatic carbocycles. The largest absolute Gasteiger partial charge is 0.478 e. The van der Waals surface area contributed by atoms with Gasteiger partial charge in [0.2, 0.25) is 0 Å². The number of aromatic carboxylic acids is 1. The SMILES string of the molecule is CC1=CCC(C(=O)Oc2c(C(=O)O)ccc3cc4ccccc4cc23)CC1. The summed E-state index contributed by atoms with van der Waals surface area (Å²) in [5.41, 5.74) is 1.29. The number of carbonyl (C=O) groups is 2. The average Bonchev–Trinajstić information content (AvgIpc) is 2.67. The fourth-order valence-corrected chi connectivity index (χ4v) is 3.63. The second-order valence-corrected chi connectivity index (χ2v) is 7.11. The van der Waals surface area contributed by atoms with Crippen LogP contribution in [-0.4, -0.2) is 17.0 Å². The number of allylic oxidation sites excluding steroid dienone is 2. The van der Waals surface area contributed by atoms with Crippen molar-refractivity contribution < 1.29 is 19.4 Å². The molecule has 0 fully saturated rings. The van der Waals surface area contributed by atoms with Gasteiger partial charge in [0.25, 0.3) is 0 Å². The van der Waals surface area contributed by atoms with Crippen LogP contribution in [0.1, 0.15) is 36.5 Å². The molecule has 0 radical (unpaired) electrons. The van der Waals surface area contributed by atoms with Crippen molar-refractivity contribution in [1.29, 1.82) is 0 Å². The standard InChI is InChI=1S/C23H20O4/c1-14-6-8-15(9-7-14)23(26)27-21-19(22(24)25)11-10-18-12-16-4-2-3-5-17(16)13-20(18)21/h2-6,10-13,15H,7-9H2,1H3,(H,24,25). The van der Waals surface area contributed by atoms with Gasteiger partial charge in [-0.3, -0.25) is 4.79 Å². The van der Waals surface area contributed by atoms with E-state index in [2.05, 4.69) is 13.0 Å². The third-order valence-electron chi connectivity index (χ3n) is 5.24.